The summed E-state index contributed by atoms with van der Waals surface area (Å²) >= 11 is 0. The Hall–Kier alpha value is -2.92. The van der Waals surface area contributed by atoms with Crippen molar-refractivity contribution in [1.29, 1.82) is 0 Å². The van der Waals surface area contributed by atoms with Crippen molar-refractivity contribution in [2.24, 2.45) is 5.92 Å². The zero-order valence-corrected chi connectivity index (χ0v) is 15.1. The third-order valence-electron chi connectivity index (χ3n) is 6.03. The lowest BCUT2D eigenvalue weighted by atomic mass is 9.75. The molecule has 0 saturated carbocycles. The number of imidazole rings is 1. The summed E-state index contributed by atoms with van der Waals surface area (Å²) in [7, 11) is 1.63. The first kappa shape index (κ1) is 16.3. The number of carbonyl (C=O) groups excluding carboxylic acids is 1. The maximum Gasteiger partial charge on any atom is 0.251 e. The van der Waals surface area contributed by atoms with Crippen LogP contribution in [0.5, 0.6) is 0 Å². The second-order valence-corrected chi connectivity index (χ2v) is 7.36. The Kier molecular flexibility index (Phi) is 3.65. The average Bonchev–Trinajstić information content (AvgIpc) is 3.29. The van der Waals surface area contributed by atoms with Gasteiger partial charge in [-0.1, -0.05) is 30.3 Å². The SMILES string of the molecule is CNC(=O)c1ccc2c(c1)CC[C@@H]([C@H]1c3ccccc3-c3cncn31)[C@@H]2O. The Morgan fingerprint density at radius 3 is 2.93 bits per heavy atom. The topological polar surface area (TPSA) is 67.2 Å². The summed E-state index contributed by atoms with van der Waals surface area (Å²) in [6, 6.07) is 14.1. The van der Waals surface area contributed by atoms with Gasteiger partial charge in [0, 0.05) is 24.1 Å². The average molecular weight is 359 g/mol. The molecule has 5 nitrogen and oxygen atoms in total. The van der Waals surface area contributed by atoms with E-state index < -0.39 is 6.10 Å². The Bertz CT molecular complexity index is 1040. The molecular formula is C22H21N3O2. The van der Waals surface area contributed by atoms with E-state index in [1.807, 2.05) is 30.7 Å². The highest BCUT2D eigenvalue weighted by Gasteiger charge is 2.40. The van der Waals surface area contributed by atoms with E-state index in [0.717, 1.165) is 29.7 Å². The normalized spacial score (nSPS) is 22.7. The van der Waals surface area contributed by atoms with E-state index in [0.29, 0.717) is 5.56 Å². The molecule has 27 heavy (non-hydrogen) atoms. The van der Waals surface area contributed by atoms with Crippen LogP contribution in [0, 0.1) is 5.92 Å². The number of aliphatic hydroxyl groups is 1. The molecule has 2 aromatic carbocycles. The Morgan fingerprint density at radius 2 is 2.07 bits per heavy atom. The first-order valence-corrected chi connectivity index (χ1v) is 9.33. The Balaban J connectivity index is 1.54. The van der Waals surface area contributed by atoms with Crippen molar-refractivity contribution in [2.45, 2.75) is 25.0 Å². The number of hydrogen-bond donors (Lipinski definition) is 2. The van der Waals surface area contributed by atoms with Gasteiger partial charge in [0.25, 0.3) is 5.91 Å². The monoisotopic (exact) mass is 359 g/mol. The molecule has 5 rings (SSSR count). The summed E-state index contributed by atoms with van der Waals surface area (Å²) in [4.78, 5) is 16.2. The quantitative estimate of drug-likeness (QED) is 0.739. The van der Waals surface area contributed by atoms with Crippen LogP contribution in [0.1, 0.15) is 45.6 Å². The van der Waals surface area contributed by atoms with Crippen LogP contribution in [0.4, 0.5) is 0 Å². The molecule has 0 radical (unpaired) electrons. The predicted octanol–water partition coefficient (Wildman–Crippen LogP) is 3.11. The van der Waals surface area contributed by atoms with Gasteiger partial charge < -0.3 is 15.0 Å². The first-order chi connectivity index (χ1) is 13.2. The van der Waals surface area contributed by atoms with Gasteiger partial charge in [-0.3, -0.25) is 4.79 Å². The molecule has 0 unspecified atom stereocenters. The number of aliphatic hydroxyl groups excluding tert-OH is 1. The highest BCUT2D eigenvalue weighted by molar-refractivity contribution is 5.94. The van der Waals surface area contributed by atoms with Crippen molar-refractivity contribution in [1.82, 2.24) is 14.9 Å². The molecule has 1 aliphatic heterocycles. The van der Waals surface area contributed by atoms with Gasteiger partial charge in [0.2, 0.25) is 0 Å². The lowest BCUT2D eigenvalue weighted by Gasteiger charge is -2.35. The minimum atomic E-state index is -0.570. The summed E-state index contributed by atoms with van der Waals surface area (Å²) in [5, 5.41) is 13.9. The summed E-state index contributed by atoms with van der Waals surface area (Å²) in [6.07, 6.45) is 4.92. The fourth-order valence-corrected chi connectivity index (χ4v) is 4.75. The fourth-order valence-electron chi connectivity index (χ4n) is 4.75. The summed E-state index contributed by atoms with van der Waals surface area (Å²) < 4.78 is 2.20. The third-order valence-corrected chi connectivity index (χ3v) is 6.03. The van der Waals surface area contributed by atoms with E-state index in [1.54, 1.807) is 13.1 Å². The lowest BCUT2D eigenvalue weighted by molar-refractivity contribution is 0.0719. The van der Waals surface area contributed by atoms with Crippen LogP contribution in [-0.2, 0) is 6.42 Å². The van der Waals surface area contributed by atoms with Crippen molar-refractivity contribution in [3.05, 3.63) is 77.2 Å². The van der Waals surface area contributed by atoms with Gasteiger partial charge in [-0.25, -0.2) is 4.98 Å². The molecular weight excluding hydrogens is 338 g/mol. The van der Waals surface area contributed by atoms with E-state index in [1.165, 1.54) is 11.1 Å². The molecule has 2 N–H and O–H groups in total. The molecule has 5 heteroatoms. The molecule has 1 aromatic heterocycles. The zero-order valence-electron chi connectivity index (χ0n) is 15.1. The van der Waals surface area contributed by atoms with Gasteiger partial charge in [-0.15, -0.1) is 0 Å². The van der Waals surface area contributed by atoms with Crippen LogP contribution in [0.15, 0.2) is 55.0 Å². The number of fused-ring (bicyclic) bond motifs is 4. The second-order valence-electron chi connectivity index (χ2n) is 7.36. The fraction of sp³-hybridized carbons (Fsp3) is 0.273. The molecule has 3 aromatic rings. The van der Waals surface area contributed by atoms with Gasteiger partial charge in [-0.2, -0.15) is 0 Å². The molecule has 0 bridgehead atoms. The van der Waals surface area contributed by atoms with Gasteiger partial charge in [0.1, 0.15) is 0 Å². The number of benzene rings is 2. The smallest absolute Gasteiger partial charge is 0.251 e. The minimum Gasteiger partial charge on any atom is -0.388 e. The number of aryl methyl sites for hydroxylation is 1. The minimum absolute atomic E-state index is 0.0694. The van der Waals surface area contributed by atoms with Crippen LogP contribution in [0.2, 0.25) is 0 Å². The van der Waals surface area contributed by atoms with Crippen LogP contribution >= 0.6 is 0 Å². The van der Waals surface area contributed by atoms with E-state index in [2.05, 4.69) is 33.1 Å². The van der Waals surface area contributed by atoms with Gasteiger partial charge in [0.15, 0.2) is 0 Å². The molecule has 136 valence electrons. The number of aromatic nitrogens is 2. The summed E-state index contributed by atoms with van der Waals surface area (Å²) in [6.45, 7) is 0. The van der Waals surface area contributed by atoms with E-state index in [4.69, 9.17) is 0 Å². The van der Waals surface area contributed by atoms with Gasteiger partial charge >= 0.3 is 0 Å². The molecule has 1 aliphatic carbocycles. The molecule has 0 fully saturated rings. The highest BCUT2D eigenvalue weighted by atomic mass is 16.3. The van der Waals surface area contributed by atoms with E-state index in [9.17, 15) is 9.90 Å². The number of amides is 1. The predicted molar refractivity (Wildman–Crippen MR) is 102 cm³/mol. The molecule has 0 spiro atoms. The summed E-state index contributed by atoms with van der Waals surface area (Å²) in [5.74, 6) is -0.0258. The van der Waals surface area contributed by atoms with Crippen molar-refractivity contribution in [3.63, 3.8) is 0 Å². The second kappa shape index (κ2) is 6.06. The largest absolute Gasteiger partial charge is 0.388 e. The van der Waals surface area contributed by atoms with Gasteiger partial charge in [-0.05, 0) is 41.7 Å². The lowest BCUT2D eigenvalue weighted by Crippen LogP contribution is -2.29. The zero-order chi connectivity index (χ0) is 18.5. The van der Waals surface area contributed by atoms with E-state index in [-0.39, 0.29) is 17.9 Å². The van der Waals surface area contributed by atoms with Crippen molar-refractivity contribution >= 4 is 5.91 Å². The standard InChI is InChI=1S/C22H21N3O2/c1-23-22(27)14-7-8-15-13(10-14)6-9-18(21(15)26)20-17-5-3-2-4-16(17)19-11-24-12-25(19)20/h2-5,7-8,10-12,18,20-21,26H,6,9H2,1H3,(H,23,27)/t18-,20+,21+/m0/s1. The van der Waals surface area contributed by atoms with Crippen molar-refractivity contribution in [2.75, 3.05) is 7.05 Å². The molecule has 2 aliphatic rings. The van der Waals surface area contributed by atoms with E-state index >= 15 is 0 Å². The van der Waals surface area contributed by atoms with Crippen LogP contribution < -0.4 is 5.32 Å². The molecule has 1 amide bonds. The number of hydrogen-bond acceptors (Lipinski definition) is 3. The van der Waals surface area contributed by atoms with Crippen LogP contribution in [-0.4, -0.2) is 27.6 Å². The number of rotatable bonds is 2. The van der Waals surface area contributed by atoms with Crippen LogP contribution in [0.3, 0.4) is 0 Å². The molecule has 2 heterocycles. The number of nitrogens with one attached hydrogen (secondary N) is 1. The summed E-state index contributed by atoms with van der Waals surface area (Å²) in [5.41, 5.74) is 6.22. The Morgan fingerprint density at radius 1 is 1.22 bits per heavy atom. The van der Waals surface area contributed by atoms with Crippen molar-refractivity contribution < 1.29 is 9.90 Å². The molecule has 0 saturated heterocycles. The van der Waals surface area contributed by atoms with Crippen LogP contribution in [0.25, 0.3) is 11.3 Å². The number of carbonyl (C=O) groups is 1. The van der Waals surface area contributed by atoms with Crippen molar-refractivity contribution in [3.8, 4) is 11.3 Å². The maximum atomic E-state index is 11.9. The first-order valence-electron chi connectivity index (χ1n) is 9.33. The van der Waals surface area contributed by atoms with Gasteiger partial charge in [0.05, 0.1) is 30.4 Å². The molecule has 3 atom stereocenters. The highest BCUT2D eigenvalue weighted by Crippen LogP contribution is 2.49. The Labute approximate surface area is 157 Å². The number of nitrogens with zero attached hydrogens (tertiary/aromatic N) is 2. The third kappa shape index (κ3) is 2.35. The maximum absolute atomic E-state index is 11.9.